The van der Waals surface area contributed by atoms with E-state index in [0.717, 1.165) is 13.0 Å². The summed E-state index contributed by atoms with van der Waals surface area (Å²) in [7, 11) is -1.07. The van der Waals surface area contributed by atoms with Crippen LogP contribution >= 0.6 is 11.6 Å². The van der Waals surface area contributed by atoms with Gasteiger partial charge in [-0.2, -0.15) is 0 Å². The highest BCUT2D eigenvalue weighted by Gasteiger charge is 2.34. The Labute approximate surface area is 75.8 Å². The highest BCUT2D eigenvalue weighted by atomic mass is 35.5. The van der Waals surface area contributed by atoms with E-state index < -0.39 is 9.04 Å². The second kappa shape index (κ2) is 3.92. The Kier molecular flexibility index (Phi) is 3.41. The molecule has 2 unspecified atom stereocenters. The molecule has 0 aromatic carbocycles. The lowest BCUT2D eigenvalue weighted by molar-refractivity contribution is 0.276. The minimum Gasteiger partial charge on any atom is -0.418 e. The summed E-state index contributed by atoms with van der Waals surface area (Å²) in [6.45, 7) is 5.24. The van der Waals surface area contributed by atoms with Crippen molar-refractivity contribution in [2.45, 2.75) is 43.7 Å². The van der Waals surface area contributed by atoms with E-state index in [1.165, 1.54) is 18.9 Å². The third-order valence-electron chi connectivity index (χ3n) is 2.54. The lowest BCUT2D eigenvalue weighted by Crippen LogP contribution is -2.42. The Balaban J connectivity index is 2.43. The summed E-state index contributed by atoms with van der Waals surface area (Å²) < 4.78 is 5.74. The normalized spacial score (nSPS) is 31.4. The summed E-state index contributed by atoms with van der Waals surface area (Å²) in [5.74, 6) is 0. The molecule has 1 aliphatic rings. The molecular formula is C8H17ClOSi. The molecule has 0 amide bonds. The molecule has 0 N–H and O–H groups in total. The van der Waals surface area contributed by atoms with E-state index in [4.69, 9.17) is 16.0 Å². The van der Waals surface area contributed by atoms with Crippen LogP contribution in [0.15, 0.2) is 0 Å². The highest BCUT2D eigenvalue weighted by molar-refractivity contribution is 6.67. The van der Waals surface area contributed by atoms with Gasteiger partial charge in [-0.3, -0.25) is 0 Å². The van der Waals surface area contributed by atoms with Crippen molar-refractivity contribution in [3.63, 3.8) is 0 Å². The van der Waals surface area contributed by atoms with Crippen LogP contribution in [0, 0.1) is 0 Å². The average Bonchev–Trinajstić information content (AvgIpc) is 2.06. The molecule has 1 fully saturated rings. The van der Waals surface area contributed by atoms with Crippen molar-refractivity contribution in [3.8, 4) is 0 Å². The van der Waals surface area contributed by atoms with Crippen molar-refractivity contribution in [2.24, 2.45) is 0 Å². The maximum absolute atomic E-state index is 6.34. The molecule has 1 saturated heterocycles. The minimum absolute atomic E-state index is 0.000417. The maximum atomic E-state index is 6.34. The van der Waals surface area contributed by atoms with E-state index in [-0.39, 0.29) is 4.50 Å². The van der Waals surface area contributed by atoms with Crippen molar-refractivity contribution in [2.75, 3.05) is 6.61 Å². The summed E-state index contributed by atoms with van der Waals surface area (Å²) in [5, 5.41) is 0. The van der Waals surface area contributed by atoms with Crippen LogP contribution in [0.4, 0.5) is 0 Å². The smallest absolute Gasteiger partial charge is 0.197 e. The van der Waals surface area contributed by atoms with Gasteiger partial charge in [-0.05, 0) is 25.8 Å². The van der Waals surface area contributed by atoms with E-state index in [2.05, 4.69) is 13.8 Å². The van der Waals surface area contributed by atoms with Crippen LogP contribution < -0.4 is 0 Å². The lowest BCUT2D eigenvalue weighted by atomic mass is 10.3. The summed E-state index contributed by atoms with van der Waals surface area (Å²) >= 11 is 6.34. The molecule has 0 aromatic heterocycles. The number of halogens is 1. The first-order chi connectivity index (χ1) is 5.17. The Morgan fingerprint density at radius 2 is 2.27 bits per heavy atom. The molecule has 1 rings (SSSR count). The molecule has 0 aliphatic carbocycles. The van der Waals surface area contributed by atoms with Crippen LogP contribution in [0.2, 0.25) is 6.04 Å². The van der Waals surface area contributed by atoms with E-state index >= 15 is 0 Å². The first kappa shape index (κ1) is 9.55. The highest BCUT2D eigenvalue weighted by Crippen LogP contribution is 2.28. The van der Waals surface area contributed by atoms with Crippen molar-refractivity contribution >= 4 is 20.6 Å². The summed E-state index contributed by atoms with van der Waals surface area (Å²) in [5.41, 5.74) is 0. The van der Waals surface area contributed by atoms with Gasteiger partial charge in [0, 0.05) is 6.61 Å². The van der Waals surface area contributed by atoms with Crippen LogP contribution in [-0.4, -0.2) is 20.1 Å². The second-order valence-electron chi connectivity index (χ2n) is 3.49. The van der Waals surface area contributed by atoms with Gasteiger partial charge in [-0.15, -0.1) is 11.6 Å². The second-order valence-corrected chi connectivity index (χ2v) is 7.88. The SMILES string of the molecule is CCC(C)(Cl)[SiH]1CCCCO1. The number of hydrogen-bond acceptors (Lipinski definition) is 1. The molecule has 66 valence electrons. The van der Waals surface area contributed by atoms with Gasteiger partial charge in [0.05, 0.1) is 4.50 Å². The molecule has 0 saturated carbocycles. The van der Waals surface area contributed by atoms with Gasteiger partial charge < -0.3 is 4.43 Å². The Morgan fingerprint density at radius 1 is 1.55 bits per heavy atom. The number of alkyl halides is 1. The molecule has 1 nitrogen and oxygen atoms in total. The topological polar surface area (TPSA) is 9.23 Å². The van der Waals surface area contributed by atoms with Crippen molar-refractivity contribution in [1.82, 2.24) is 0 Å². The zero-order chi connectivity index (χ0) is 8.32. The summed E-state index contributed by atoms with van der Waals surface area (Å²) in [6, 6.07) is 1.27. The largest absolute Gasteiger partial charge is 0.418 e. The standard InChI is InChI=1S/C8H17ClOSi/c1-3-8(2,9)11-7-5-4-6-10-11/h11H,3-7H2,1-2H3. The van der Waals surface area contributed by atoms with E-state index in [1.807, 2.05) is 0 Å². The van der Waals surface area contributed by atoms with Crippen LogP contribution in [0.25, 0.3) is 0 Å². The lowest BCUT2D eigenvalue weighted by Gasteiger charge is -2.32. The van der Waals surface area contributed by atoms with Gasteiger partial charge in [-0.1, -0.05) is 13.3 Å². The van der Waals surface area contributed by atoms with Crippen LogP contribution in [0.1, 0.15) is 33.1 Å². The van der Waals surface area contributed by atoms with Crippen molar-refractivity contribution in [1.29, 1.82) is 0 Å². The molecular weight excluding hydrogens is 176 g/mol. The van der Waals surface area contributed by atoms with Crippen LogP contribution in [-0.2, 0) is 4.43 Å². The first-order valence-corrected chi connectivity index (χ1v) is 6.71. The molecule has 1 aliphatic heterocycles. The van der Waals surface area contributed by atoms with Gasteiger partial charge in [0.2, 0.25) is 0 Å². The summed E-state index contributed by atoms with van der Waals surface area (Å²) in [4.78, 5) is 0. The molecule has 3 heteroatoms. The zero-order valence-corrected chi connectivity index (χ0v) is 9.31. The monoisotopic (exact) mass is 192 g/mol. The first-order valence-electron chi connectivity index (χ1n) is 4.47. The predicted octanol–water partition coefficient (Wildman–Crippen LogP) is 2.47. The van der Waals surface area contributed by atoms with E-state index in [0.29, 0.717) is 0 Å². The van der Waals surface area contributed by atoms with Crippen LogP contribution in [0.3, 0.4) is 0 Å². The minimum atomic E-state index is -1.07. The fraction of sp³-hybridized carbons (Fsp3) is 1.00. The van der Waals surface area contributed by atoms with E-state index in [9.17, 15) is 0 Å². The third kappa shape index (κ3) is 2.46. The van der Waals surface area contributed by atoms with Crippen molar-refractivity contribution < 1.29 is 4.43 Å². The molecule has 11 heavy (non-hydrogen) atoms. The third-order valence-corrected chi connectivity index (χ3v) is 6.86. The molecule has 0 radical (unpaired) electrons. The van der Waals surface area contributed by atoms with Gasteiger partial charge in [-0.25, -0.2) is 0 Å². The molecule has 0 spiro atoms. The molecule has 2 atom stereocenters. The Bertz CT molecular complexity index is 121. The molecule has 0 bridgehead atoms. The Hall–Kier alpha value is 0.467. The van der Waals surface area contributed by atoms with E-state index in [1.54, 1.807) is 0 Å². The fourth-order valence-corrected chi connectivity index (χ4v) is 4.64. The number of hydrogen-bond donors (Lipinski definition) is 0. The maximum Gasteiger partial charge on any atom is 0.197 e. The molecule has 1 heterocycles. The quantitative estimate of drug-likeness (QED) is 0.483. The average molecular weight is 193 g/mol. The van der Waals surface area contributed by atoms with Crippen LogP contribution in [0.5, 0.6) is 0 Å². The summed E-state index contributed by atoms with van der Waals surface area (Å²) in [6.07, 6.45) is 3.62. The number of rotatable bonds is 2. The van der Waals surface area contributed by atoms with Gasteiger partial charge in [0.15, 0.2) is 9.04 Å². The zero-order valence-electron chi connectivity index (χ0n) is 7.40. The Morgan fingerprint density at radius 3 is 2.73 bits per heavy atom. The predicted molar refractivity (Wildman–Crippen MR) is 51.7 cm³/mol. The van der Waals surface area contributed by atoms with Gasteiger partial charge >= 0.3 is 0 Å². The fourth-order valence-electron chi connectivity index (χ4n) is 1.44. The van der Waals surface area contributed by atoms with Crippen molar-refractivity contribution in [3.05, 3.63) is 0 Å². The van der Waals surface area contributed by atoms with Gasteiger partial charge in [0.1, 0.15) is 0 Å². The van der Waals surface area contributed by atoms with Gasteiger partial charge in [0.25, 0.3) is 0 Å². The molecule has 0 aromatic rings.